The van der Waals surface area contributed by atoms with Gasteiger partial charge in [-0.1, -0.05) is 13.0 Å². The molecule has 0 unspecified atom stereocenters. The molecule has 110 valence electrons. The molecule has 0 saturated carbocycles. The van der Waals surface area contributed by atoms with Crippen LogP contribution in [0.2, 0.25) is 0 Å². The summed E-state index contributed by atoms with van der Waals surface area (Å²) in [5.41, 5.74) is 5.48. The molecule has 0 aliphatic carbocycles. The van der Waals surface area contributed by atoms with Gasteiger partial charge in [-0.2, -0.15) is 0 Å². The van der Waals surface area contributed by atoms with Crippen LogP contribution >= 0.6 is 0 Å². The van der Waals surface area contributed by atoms with Gasteiger partial charge in [-0.25, -0.2) is 0 Å². The summed E-state index contributed by atoms with van der Waals surface area (Å²) in [4.78, 5) is 22.5. The molecule has 0 aliphatic heterocycles. The van der Waals surface area contributed by atoms with Gasteiger partial charge in [-0.15, -0.1) is 0 Å². The van der Waals surface area contributed by atoms with E-state index in [9.17, 15) is 9.59 Å². The van der Waals surface area contributed by atoms with Crippen molar-refractivity contribution in [2.75, 3.05) is 26.2 Å². The average Bonchev–Trinajstić information content (AvgIpc) is 2.45. The van der Waals surface area contributed by atoms with E-state index in [0.29, 0.717) is 17.9 Å². The fourth-order valence-corrected chi connectivity index (χ4v) is 1.55. The van der Waals surface area contributed by atoms with E-state index in [1.54, 1.807) is 24.3 Å². The highest BCUT2D eigenvalue weighted by Gasteiger charge is 2.06. The second-order valence-electron chi connectivity index (χ2n) is 4.29. The summed E-state index contributed by atoms with van der Waals surface area (Å²) >= 11 is 0. The number of hydrogen-bond acceptors (Lipinski definition) is 4. The topological polar surface area (TPSA) is 93.4 Å². The SMILES string of the molecule is CCCNCCNC(=O)c1cccc(OCC(N)=O)c1. The maximum Gasteiger partial charge on any atom is 0.255 e. The molecule has 0 heterocycles. The standard InChI is InChI=1S/C14H21N3O3/c1-2-6-16-7-8-17-14(19)11-4-3-5-12(9-11)20-10-13(15)18/h3-5,9,16H,2,6-8,10H2,1H3,(H2,15,18)(H,17,19). The number of amides is 2. The zero-order valence-electron chi connectivity index (χ0n) is 11.6. The first-order chi connectivity index (χ1) is 9.63. The smallest absolute Gasteiger partial charge is 0.255 e. The van der Waals surface area contributed by atoms with Crippen molar-refractivity contribution in [1.29, 1.82) is 0 Å². The van der Waals surface area contributed by atoms with E-state index in [1.807, 2.05) is 0 Å². The molecule has 0 saturated heterocycles. The lowest BCUT2D eigenvalue weighted by Crippen LogP contribution is -2.32. The lowest BCUT2D eigenvalue weighted by atomic mass is 10.2. The van der Waals surface area contributed by atoms with Crippen molar-refractivity contribution in [3.05, 3.63) is 29.8 Å². The number of nitrogens with one attached hydrogen (secondary N) is 2. The summed E-state index contributed by atoms with van der Waals surface area (Å²) in [6.07, 6.45) is 1.06. The van der Waals surface area contributed by atoms with E-state index in [0.717, 1.165) is 19.5 Å². The molecule has 0 atom stereocenters. The molecule has 0 spiro atoms. The van der Waals surface area contributed by atoms with Crippen LogP contribution in [0.15, 0.2) is 24.3 Å². The van der Waals surface area contributed by atoms with Gasteiger partial charge in [0.2, 0.25) is 0 Å². The first-order valence-electron chi connectivity index (χ1n) is 6.63. The average molecular weight is 279 g/mol. The minimum absolute atomic E-state index is 0.173. The van der Waals surface area contributed by atoms with Crippen LogP contribution in [0.5, 0.6) is 5.75 Å². The predicted octanol–water partition coefficient (Wildman–Crippen LogP) is 0.280. The first-order valence-corrected chi connectivity index (χ1v) is 6.63. The Morgan fingerprint density at radius 3 is 2.75 bits per heavy atom. The third-order valence-corrected chi connectivity index (χ3v) is 2.49. The summed E-state index contributed by atoms with van der Waals surface area (Å²) in [6.45, 7) is 4.12. The molecule has 1 rings (SSSR count). The first kappa shape index (κ1) is 16.0. The van der Waals surface area contributed by atoms with E-state index >= 15 is 0 Å². The number of primary amides is 1. The highest BCUT2D eigenvalue weighted by molar-refractivity contribution is 5.94. The molecule has 0 fully saturated rings. The van der Waals surface area contributed by atoms with Gasteiger partial charge in [-0.3, -0.25) is 9.59 Å². The Bertz CT molecular complexity index is 449. The molecular formula is C14H21N3O3. The third-order valence-electron chi connectivity index (χ3n) is 2.49. The van der Waals surface area contributed by atoms with Crippen molar-refractivity contribution >= 4 is 11.8 Å². The zero-order chi connectivity index (χ0) is 14.8. The highest BCUT2D eigenvalue weighted by atomic mass is 16.5. The van der Waals surface area contributed by atoms with E-state index in [2.05, 4.69) is 17.6 Å². The molecular weight excluding hydrogens is 258 g/mol. The number of benzene rings is 1. The number of hydrogen-bond donors (Lipinski definition) is 3. The van der Waals surface area contributed by atoms with Crippen LogP contribution in [0, 0.1) is 0 Å². The van der Waals surface area contributed by atoms with Gasteiger partial charge in [0.15, 0.2) is 6.61 Å². The molecule has 1 aromatic rings. The van der Waals surface area contributed by atoms with Crippen LogP contribution < -0.4 is 21.1 Å². The van der Waals surface area contributed by atoms with Gasteiger partial charge in [0, 0.05) is 18.7 Å². The Labute approximate surface area is 118 Å². The summed E-state index contributed by atoms with van der Waals surface area (Å²) in [5, 5.41) is 6.00. The number of ether oxygens (including phenoxy) is 1. The van der Waals surface area contributed by atoms with Gasteiger partial charge in [0.05, 0.1) is 0 Å². The van der Waals surface area contributed by atoms with E-state index < -0.39 is 5.91 Å². The number of nitrogens with two attached hydrogens (primary N) is 1. The van der Waals surface area contributed by atoms with E-state index in [4.69, 9.17) is 10.5 Å². The van der Waals surface area contributed by atoms with Crippen molar-refractivity contribution in [2.24, 2.45) is 5.73 Å². The fraction of sp³-hybridized carbons (Fsp3) is 0.429. The molecule has 0 aromatic heterocycles. The molecule has 2 amide bonds. The fourth-order valence-electron chi connectivity index (χ4n) is 1.55. The van der Waals surface area contributed by atoms with Crippen LogP contribution in [0.4, 0.5) is 0 Å². The Morgan fingerprint density at radius 1 is 1.25 bits per heavy atom. The molecule has 6 heteroatoms. The monoisotopic (exact) mass is 279 g/mol. The number of carbonyl (C=O) groups is 2. The lowest BCUT2D eigenvalue weighted by Gasteiger charge is -2.08. The second kappa shape index (κ2) is 8.92. The minimum atomic E-state index is -0.554. The number of carbonyl (C=O) groups excluding carboxylic acids is 2. The maximum absolute atomic E-state index is 11.9. The molecule has 6 nitrogen and oxygen atoms in total. The quantitative estimate of drug-likeness (QED) is 0.566. The molecule has 0 aliphatic rings. The predicted molar refractivity (Wildman–Crippen MR) is 76.6 cm³/mol. The summed E-state index contributed by atoms with van der Waals surface area (Å²) in [7, 11) is 0. The Balaban J connectivity index is 2.43. The Morgan fingerprint density at radius 2 is 2.05 bits per heavy atom. The molecule has 4 N–H and O–H groups in total. The maximum atomic E-state index is 11.9. The van der Waals surface area contributed by atoms with Crippen LogP contribution in [-0.4, -0.2) is 38.1 Å². The third kappa shape index (κ3) is 6.19. The molecule has 20 heavy (non-hydrogen) atoms. The molecule has 0 bridgehead atoms. The largest absolute Gasteiger partial charge is 0.484 e. The van der Waals surface area contributed by atoms with Gasteiger partial charge >= 0.3 is 0 Å². The van der Waals surface area contributed by atoms with Crippen LogP contribution in [0.3, 0.4) is 0 Å². The summed E-state index contributed by atoms with van der Waals surface area (Å²) in [5.74, 6) is -0.282. The van der Waals surface area contributed by atoms with Gasteiger partial charge in [-0.05, 0) is 31.2 Å². The van der Waals surface area contributed by atoms with E-state index in [1.165, 1.54) is 0 Å². The summed E-state index contributed by atoms with van der Waals surface area (Å²) in [6, 6.07) is 6.63. The van der Waals surface area contributed by atoms with E-state index in [-0.39, 0.29) is 12.5 Å². The highest BCUT2D eigenvalue weighted by Crippen LogP contribution is 2.12. The lowest BCUT2D eigenvalue weighted by molar-refractivity contribution is -0.119. The summed E-state index contributed by atoms with van der Waals surface area (Å²) < 4.78 is 5.15. The minimum Gasteiger partial charge on any atom is -0.484 e. The van der Waals surface area contributed by atoms with Gasteiger partial charge in [0.1, 0.15) is 5.75 Å². The van der Waals surface area contributed by atoms with Gasteiger partial charge < -0.3 is 21.1 Å². The molecule has 0 radical (unpaired) electrons. The van der Waals surface area contributed by atoms with Crippen molar-refractivity contribution in [3.8, 4) is 5.75 Å². The van der Waals surface area contributed by atoms with Crippen molar-refractivity contribution < 1.29 is 14.3 Å². The molecule has 1 aromatic carbocycles. The zero-order valence-corrected chi connectivity index (χ0v) is 11.6. The van der Waals surface area contributed by atoms with Crippen molar-refractivity contribution in [2.45, 2.75) is 13.3 Å². The van der Waals surface area contributed by atoms with Gasteiger partial charge in [0.25, 0.3) is 11.8 Å². The van der Waals surface area contributed by atoms with Crippen molar-refractivity contribution in [1.82, 2.24) is 10.6 Å². The second-order valence-corrected chi connectivity index (χ2v) is 4.29. The van der Waals surface area contributed by atoms with Crippen LogP contribution in [0.25, 0.3) is 0 Å². The van der Waals surface area contributed by atoms with Crippen LogP contribution in [0.1, 0.15) is 23.7 Å². The normalized spacial score (nSPS) is 10.1. The van der Waals surface area contributed by atoms with Crippen LogP contribution in [-0.2, 0) is 4.79 Å². The van der Waals surface area contributed by atoms with Crippen molar-refractivity contribution in [3.63, 3.8) is 0 Å². The Kier molecular flexibility index (Phi) is 7.13. The Hall–Kier alpha value is -2.08. The number of rotatable bonds is 9.